The SMILES string of the molecule is Cc1cc(O)c(O)cc1C(c1ccc(O)cc1)c1cc(O)c(O)cc1C. The Balaban J connectivity index is 2.29. The van der Waals surface area contributed by atoms with Gasteiger partial charge in [0.1, 0.15) is 5.75 Å². The first-order valence-electron chi connectivity index (χ1n) is 8.11. The van der Waals surface area contributed by atoms with Gasteiger partial charge in [0.2, 0.25) is 0 Å². The van der Waals surface area contributed by atoms with Crippen LogP contribution < -0.4 is 0 Å². The Hall–Kier alpha value is -3.34. The van der Waals surface area contributed by atoms with Gasteiger partial charge in [-0.15, -0.1) is 0 Å². The van der Waals surface area contributed by atoms with E-state index in [-0.39, 0.29) is 34.7 Å². The lowest BCUT2D eigenvalue weighted by atomic mass is 9.81. The van der Waals surface area contributed by atoms with Gasteiger partial charge < -0.3 is 25.5 Å². The highest BCUT2D eigenvalue weighted by molar-refractivity contribution is 5.57. The fraction of sp³-hybridized carbons (Fsp3) is 0.143. The van der Waals surface area contributed by atoms with Crippen molar-refractivity contribution in [2.45, 2.75) is 19.8 Å². The maximum Gasteiger partial charge on any atom is 0.157 e. The molecule has 5 nitrogen and oxygen atoms in total. The number of aryl methyl sites for hydroxylation is 2. The molecule has 0 aromatic heterocycles. The zero-order valence-electron chi connectivity index (χ0n) is 14.4. The molecule has 0 atom stereocenters. The van der Waals surface area contributed by atoms with Crippen LogP contribution in [0.2, 0.25) is 0 Å². The molecular formula is C21H20O5. The molecule has 5 N–H and O–H groups in total. The summed E-state index contributed by atoms with van der Waals surface area (Å²) in [6, 6.07) is 12.6. The van der Waals surface area contributed by atoms with Gasteiger partial charge in [-0.1, -0.05) is 12.1 Å². The molecule has 0 bridgehead atoms. The van der Waals surface area contributed by atoms with Crippen LogP contribution in [0.4, 0.5) is 0 Å². The predicted molar refractivity (Wildman–Crippen MR) is 98.1 cm³/mol. The summed E-state index contributed by atoms with van der Waals surface area (Å²) in [4.78, 5) is 0. The summed E-state index contributed by atoms with van der Waals surface area (Å²) < 4.78 is 0. The lowest BCUT2D eigenvalue weighted by Crippen LogP contribution is -2.07. The molecule has 0 saturated heterocycles. The molecule has 0 aliphatic carbocycles. The van der Waals surface area contributed by atoms with Gasteiger partial charge in [-0.2, -0.15) is 0 Å². The van der Waals surface area contributed by atoms with Crippen LogP contribution in [0, 0.1) is 13.8 Å². The number of hydrogen-bond donors (Lipinski definition) is 5. The van der Waals surface area contributed by atoms with Crippen molar-refractivity contribution >= 4 is 0 Å². The Kier molecular flexibility index (Phi) is 4.38. The molecule has 5 heteroatoms. The molecule has 0 unspecified atom stereocenters. The van der Waals surface area contributed by atoms with E-state index < -0.39 is 0 Å². The third kappa shape index (κ3) is 3.11. The number of rotatable bonds is 3. The van der Waals surface area contributed by atoms with Crippen molar-refractivity contribution in [3.63, 3.8) is 0 Å². The molecule has 0 aliphatic rings. The van der Waals surface area contributed by atoms with Crippen LogP contribution in [-0.2, 0) is 0 Å². The molecule has 0 amide bonds. The van der Waals surface area contributed by atoms with Gasteiger partial charge in [0, 0.05) is 5.92 Å². The first kappa shape index (κ1) is 17.5. The van der Waals surface area contributed by atoms with Crippen molar-refractivity contribution in [3.8, 4) is 28.7 Å². The second kappa shape index (κ2) is 6.52. The Morgan fingerprint density at radius 3 is 1.38 bits per heavy atom. The van der Waals surface area contributed by atoms with Crippen molar-refractivity contribution in [3.05, 3.63) is 76.3 Å². The smallest absolute Gasteiger partial charge is 0.157 e. The van der Waals surface area contributed by atoms with Gasteiger partial charge >= 0.3 is 0 Å². The second-order valence-corrected chi connectivity index (χ2v) is 6.42. The number of hydrogen-bond acceptors (Lipinski definition) is 5. The number of phenols is 5. The highest BCUT2D eigenvalue weighted by Crippen LogP contribution is 2.42. The maximum absolute atomic E-state index is 10.00. The third-order valence-corrected chi connectivity index (χ3v) is 4.57. The fourth-order valence-electron chi connectivity index (χ4n) is 3.21. The summed E-state index contributed by atoms with van der Waals surface area (Å²) in [7, 11) is 0. The van der Waals surface area contributed by atoms with E-state index in [1.54, 1.807) is 24.3 Å². The molecule has 3 aromatic carbocycles. The van der Waals surface area contributed by atoms with Crippen LogP contribution in [0.3, 0.4) is 0 Å². The van der Waals surface area contributed by atoms with E-state index in [1.165, 1.54) is 24.3 Å². The quantitative estimate of drug-likeness (QED) is 0.362. The first-order valence-corrected chi connectivity index (χ1v) is 8.11. The van der Waals surface area contributed by atoms with Crippen molar-refractivity contribution in [1.29, 1.82) is 0 Å². The van der Waals surface area contributed by atoms with E-state index in [1.807, 2.05) is 13.8 Å². The van der Waals surface area contributed by atoms with E-state index in [0.717, 1.165) is 27.8 Å². The molecule has 0 spiro atoms. The van der Waals surface area contributed by atoms with E-state index in [9.17, 15) is 25.5 Å². The third-order valence-electron chi connectivity index (χ3n) is 4.57. The molecule has 0 fully saturated rings. The molecule has 3 rings (SSSR count). The van der Waals surface area contributed by atoms with E-state index in [4.69, 9.17) is 0 Å². The van der Waals surface area contributed by atoms with Crippen LogP contribution >= 0.6 is 0 Å². The van der Waals surface area contributed by atoms with Crippen LogP contribution in [-0.4, -0.2) is 25.5 Å². The van der Waals surface area contributed by atoms with Crippen molar-refractivity contribution in [2.75, 3.05) is 0 Å². The number of phenolic OH excluding ortho intramolecular Hbond substituents is 5. The number of aromatic hydroxyl groups is 5. The standard InChI is InChI=1S/C21H20O5/c1-11-7-17(23)19(25)9-15(11)21(13-3-5-14(22)6-4-13)16-10-20(26)18(24)8-12(16)2/h3-10,21-26H,1-2H3. The lowest BCUT2D eigenvalue weighted by Gasteiger charge is -2.23. The lowest BCUT2D eigenvalue weighted by molar-refractivity contribution is 0.401. The average molecular weight is 352 g/mol. The van der Waals surface area contributed by atoms with Gasteiger partial charge in [-0.05, 0) is 78.1 Å². The van der Waals surface area contributed by atoms with E-state index in [2.05, 4.69) is 0 Å². The number of benzene rings is 3. The fourth-order valence-corrected chi connectivity index (χ4v) is 3.21. The zero-order valence-corrected chi connectivity index (χ0v) is 14.4. The van der Waals surface area contributed by atoms with Crippen LogP contribution in [0.25, 0.3) is 0 Å². The summed E-state index contributed by atoms with van der Waals surface area (Å²) in [6.07, 6.45) is 0. The minimum atomic E-state index is -0.381. The summed E-state index contributed by atoms with van der Waals surface area (Å²) in [5.41, 5.74) is 3.80. The maximum atomic E-state index is 10.00. The Bertz CT molecular complexity index is 904. The molecule has 0 heterocycles. The van der Waals surface area contributed by atoms with Crippen LogP contribution in [0.1, 0.15) is 33.7 Å². The van der Waals surface area contributed by atoms with Gasteiger partial charge in [-0.3, -0.25) is 0 Å². The van der Waals surface area contributed by atoms with E-state index in [0.29, 0.717) is 0 Å². The van der Waals surface area contributed by atoms with Crippen molar-refractivity contribution < 1.29 is 25.5 Å². The molecule has 134 valence electrons. The molecule has 0 radical (unpaired) electrons. The largest absolute Gasteiger partial charge is 0.508 e. The minimum Gasteiger partial charge on any atom is -0.508 e. The van der Waals surface area contributed by atoms with Crippen LogP contribution in [0.5, 0.6) is 28.7 Å². The van der Waals surface area contributed by atoms with Gasteiger partial charge in [0.05, 0.1) is 0 Å². The molecule has 26 heavy (non-hydrogen) atoms. The highest BCUT2D eigenvalue weighted by atomic mass is 16.3. The molecule has 0 saturated carbocycles. The predicted octanol–water partition coefficient (Wildman–Crippen LogP) is 4.01. The normalized spacial score (nSPS) is 11.0. The zero-order chi connectivity index (χ0) is 19.0. The Morgan fingerprint density at radius 1 is 0.577 bits per heavy atom. The van der Waals surface area contributed by atoms with Gasteiger partial charge in [0.15, 0.2) is 23.0 Å². The highest BCUT2D eigenvalue weighted by Gasteiger charge is 2.23. The topological polar surface area (TPSA) is 101 Å². The Morgan fingerprint density at radius 2 is 0.962 bits per heavy atom. The van der Waals surface area contributed by atoms with Gasteiger partial charge in [0.25, 0.3) is 0 Å². The summed E-state index contributed by atoms with van der Waals surface area (Å²) in [5, 5.41) is 49.1. The summed E-state index contributed by atoms with van der Waals surface area (Å²) in [5.74, 6) is -1.15. The molecule has 0 aliphatic heterocycles. The van der Waals surface area contributed by atoms with Crippen molar-refractivity contribution in [2.24, 2.45) is 0 Å². The monoisotopic (exact) mass is 352 g/mol. The van der Waals surface area contributed by atoms with Crippen molar-refractivity contribution in [1.82, 2.24) is 0 Å². The summed E-state index contributed by atoms with van der Waals surface area (Å²) in [6.45, 7) is 3.63. The molecule has 3 aromatic rings. The Labute approximate surface area is 151 Å². The van der Waals surface area contributed by atoms with E-state index >= 15 is 0 Å². The van der Waals surface area contributed by atoms with Crippen LogP contribution in [0.15, 0.2) is 48.5 Å². The second-order valence-electron chi connectivity index (χ2n) is 6.42. The molecular weight excluding hydrogens is 332 g/mol. The first-order chi connectivity index (χ1) is 12.3. The minimum absolute atomic E-state index is 0.128. The van der Waals surface area contributed by atoms with Gasteiger partial charge in [-0.25, -0.2) is 0 Å². The average Bonchev–Trinajstić information content (AvgIpc) is 2.58. The summed E-state index contributed by atoms with van der Waals surface area (Å²) >= 11 is 0.